The zero-order valence-electron chi connectivity index (χ0n) is 8.81. The monoisotopic (exact) mass is 205 g/mol. The molecule has 0 saturated carbocycles. The molecule has 1 unspecified atom stereocenters. The van der Waals surface area contributed by atoms with Crippen LogP contribution in [0.5, 0.6) is 0 Å². The molecule has 0 saturated heterocycles. The van der Waals surface area contributed by atoms with Crippen LogP contribution in [0.2, 0.25) is 0 Å². The highest BCUT2D eigenvalue weighted by molar-refractivity contribution is 5.33. The van der Waals surface area contributed by atoms with E-state index in [2.05, 4.69) is 0 Å². The Balaban J connectivity index is 2.57. The Kier molecular flexibility index (Phi) is 4.82. The van der Waals surface area contributed by atoms with E-state index in [1.807, 2.05) is 13.0 Å². The van der Waals surface area contributed by atoms with Gasteiger partial charge >= 0.3 is 0 Å². The van der Waals surface area contributed by atoms with Crippen molar-refractivity contribution in [3.8, 4) is 6.07 Å². The van der Waals surface area contributed by atoms with Crippen LogP contribution in [0.4, 0.5) is 0 Å². The minimum atomic E-state index is -0.648. The van der Waals surface area contributed by atoms with Gasteiger partial charge in [0.1, 0.15) is 6.10 Å². The third-order valence-electron chi connectivity index (χ3n) is 2.02. The van der Waals surface area contributed by atoms with Crippen molar-refractivity contribution < 1.29 is 9.84 Å². The highest BCUT2D eigenvalue weighted by Crippen LogP contribution is 2.14. The molecule has 0 aliphatic carbocycles. The molecule has 80 valence electrons. The standard InChI is InChI=1S/C12H15NO2/c1-2-6-15-9-12(14)11-5-3-4-10(7-11)8-13/h3-5,7,12,14H,2,6,9H2,1H3. The lowest BCUT2D eigenvalue weighted by atomic mass is 10.1. The van der Waals surface area contributed by atoms with Gasteiger partial charge in [-0.25, -0.2) is 0 Å². The van der Waals surface area contributed by atoms with Crippen LogP contribution < -0.4 is 0 Å². The van der Waals surface area contributed by atoms with E-state index < -0.39 is 6.10 Å². The number of aliphatic hydroxyl groups is 1. The molecule has 0 spiro atoms. The highest BCUT2D eigenvalue weighted by Gasteiger charge is 2.07. The van der Waals surface area contributed by atoms with Crippen molar-refractivity contribution in [2.75, 3.05) is 13.2 Å². The van der Waals surface area contributed by atoms with Crippen LogP contribution in [-0.4, -0.2) is 18.3 Å². The minimum absolute atomic E-state index is 0.280. The summed E-state index contributed by atoms with van der Waals surface area (Å²) < 4.78 is 5.24. The van der Waals surface area contributed by atoms with Gasteiger partial charge in [0, 0.05) is 6.61 Å². The van der Waals surface area contributed by atoms with Crippen molar-refractivity contribution >= 4 is 0 Å². The number of hydrogen-bond acceptors (Lipinski definition) is 3. The fourth-order valence-electron chi connectivity index (χ4n) is 1.25. The number of nitriles is 1. The average Bonchev–Trinajstić information content (AvgIpc) is 2.29. The van der Waals surface area contributed by atoms with Gasteiger partial charge in [0.15, 0.2) is 0 Å². The Morgan fingerprint density at radius 2 is 2.33 bits per heavy atom. The smallest absolute Gasteiger partial charge is 0.102 e. The molecule has 0 aliphatic rings. The summed E-state index contributed by atoms with van der Waals surface area (Å²) in [6.45, 7) is 2.94. The number of aliphatic hydroxyl groups excluding tert-OH is 1. The van der Waals surface area contributed by atoms with E-state index in [0.29, 0.717) is 12.2 Å². The van der Waals surface area contributed by atoms with E-state index in [-0.39, 0.29) is 6.61 Å². The second kappa shape index (κ2) is 6.18. The second-order valence-electron chi connectivity index (χ2n) is 3.33. The van der Waals surface area contributed by atoms with E-state index in [1.165, 1.54) is 0 Å². The van der Waals surface area contributed by atoms with E-state index in [1.54, 1.807) is 24.3 Å². The van der Waals surface area contributed by atoms with Crippen molar-refractivity contribution in [3.63, 3.8) is 0 Å². The molecule has 0 bridgehead atoms. The van der Waals surface area contributed by atoms with Crippen LogP contribution in [0, 0.1) is 11.3 Å². The zero-order chi connectivity index (χ0) is 11.1. The first kappa shape index (κ1) is 11.7. The lowest BCUT2D eigenvalue weighted by Gasteiger charge is -2.11. The molecular formula is C12H15NO2. The van der Waals surface area contributed by atoms with E-state index >= 15 is 0 Å². The van der Waals surface area contributed by atoms with Crippen LogP contribution in [0.25, 0.3) is 0 Å². The van der Waals surface area contributed by atoms with Gasteiger partial charge in [-0.15, -0.1) is 0 Å². The van der Waals surface area contributed by atoms with Crippen LogP contribution >= 0.6 is 0 Å². The molecule has 3 heteroatoms. The molecule has 0 amide bonds. The third-order valence-corrected chi connectivity index (χ3v) is 2.02. The Morgan fingerprint density at radius 3 is 3.00 bits per heavy atom. The molecule has 1 aromatic carbocycles. The van der Waals surface area contributed by atoms with Crippen LogP contribution in [0.15, 0.2) is 24.3 Å². The Bertz CT molecular complexity index is 344. The molecule has 0 aromatic heterocycles. The molecule has 1 aromatic rings. The highest BCUT2D eigenvalue weighted by atomic mass is 16.5. The molecule has 3 nitrogen and oxygen atoms in total. The Hall–Kier alpha value is -1.37. The summed E-state index contributed by atoms with van der Waals surface area (Å²) in [4.78, 5) is 0. The lowest BCUT2D eigenvalue weighted by molar-refractivity contribution is 0.0364. The van der Waals surface area contributed by atoms with Gasteiger partial charge in [-0.2, -0.15) is 5.26 Å². The molecule has 0 aliphatic heterocycles. The summed E-state index contributed by atoms with van der Waals surface area (Å²) in [5.41, 5.74) is 1.28. The molecule has 0 radical (unpaired) electrons. The number of rotatable bonds is 5. The summed E-state index contributed by atoms with van der Waals surface area (Å²) in [7, 11) is 0. The van der Waals surface area contributed by atoms with Gasteiger partial charge in [0.2, 0.25) is 0 Å². The maximum absolute atomic E-state index is 9.73. The summed E-state index contributed by atoms with van der Waals surface area (Å²) in [6, 6.07) is 8.98. The molecule has 15 heavy (non-hydrogen) atoms. The first-order valence-corrected chi connectivity index (χ1v) is 5.03. The molecule has 0 heterocycles. The van der Waals surface area contributed by atoms with E-state index in [0.717, 1.165) is 12.0 Å². The Morgan fingerprint density at radius 1 is 1.53 bits per heavy atom. The van der Waals surface area contributed by atoms with Gasteiger partial charge in [0.05, 0.1) is 18.2 Å². The lowest BCUT2D eigenvalue weighted by Crippen LogP contribution is -2.07. The van der Waals surface area contributed by atoms with Gasteiger partial charge in [-0.1, -0.05) is 19.1 Å². The largest absolute Gasteiger partial charge is 0.386 e. The van der Waals surface area contributed by atoms with E-state index in [4.69, 9.17) is 10.00 Å². The molecule has 1 rings (SSSR count). The summed E-state index contributed by atoms with van der Waals surface area (Å²) in [5, 5.41) is 18.4. The number of hydrogen-bond donors (Lipinski definition) is 1. The van der Waals surface area contributed by atoms with Crippen LogP contribution in [0.3, 0.4) is 0 Å². The molecule has 1 N–H and O–H groups in total. The average molecular weight is 205 g/mol. The summed E-state index contributed by atoms with van der Waals surface area (Å²) >= 11 is 0. The van der Waals surface area contributed by atoms with Crippen LogP contribution in [0.1, 0.15) is 30.6 Å². The first-order chi connectivity index (χ1) is 7.27. The second-order valence-corrected chi connectivity index (χ2v) is 3.33. The number of ether oxygens (including phenoxy) is 1. The minimum Gasteiger partial charge on any atom is -0.386 e. The van der Waals surface area contributed by atoms with Gasteiger partial charge in [-0.3, -0.25) is 0 Å². The molecule has 1 atom stereocenters. The van der Waals surface area contributed by atoms with Crippen molar-refractivity contribution in [2.45, 2.75) is 19.4 Å². The Labute approximate surface area is 89.9 Å². The van der Waals surface area contributed by atoms with E-state index in [9.17, 15) is 5.11 Å². The zero-order valence-corrected chi connectivity index (χ0v) is 8.81. The van der Waals surface area contributed by atoms with Gasteiger partial charge in [0.25, 0.3) is 0 Å². The number of nitrogens with zero attached hydrogens (tertiary/aromatic N) is 1. The SMILES string of the molecule is CCCOCC(O)c1cccc(C#N)c1. The van der Waals surface area contributed by atoms with Gasteiger partial charge in [-0.05, 0) is 24.1 Å². The van der Waals surface area contributed by atoms with Crippen molar-refractivity contribution in [2.24, 2.45) is 0 Å². The number of benzene rings is 1. The fraction of sp³-hybridized carbons (Fsp3) is 0.417. The topological polar surface area (TPSA) is 53.2 Å². The predicted molar refractivity (Wildman–Crippen MR) is 57.2 cm³/mol. The first-order valence-electron chi connectivity index (χ1n) is 5.03. The third kappa shape index (κ3) is 3.70. The molecular weight excluding hydrogens is 190 g/mol. The molecule has 0 fully saturated rings. The van der Waals surface area contributed by atoms with Crippen molar-refractivity contribution in [1.82, 2.24) is 0 Å². The van der Waals surface area contributed by atoms with Crippen molar-refractivity contribution in [1.29, 1.82) is 5.26 Å². The normalized spacial score (nSPS) is 12.1. The van der Waals surface area contributed by atoms with Crippen LogP contribution in [-0.2, 0) is 4.74 Å². The summed E-state index contributed by atoms with van der Waals surface area (Å²) in [6.07, 6.45) is 0.287. The van der Waals surface area contributed by atoms with Gasteiger partial charge < -0.3 is 9.84 Å². The van der Waals surface area contributed by atoms with Crippen molar-refractivity contribution in [3.05, 3.63) is 35.4 Å². The quantitative estimate of drug-likeness (QED) is 0.748. The maximum Gasteiger partial charge on any atom is 0.102 e. The fourth-order valence-corrected chi connectivity index (χ4v) is 1.25. The maximum atomic E-state index is 9.73. The summed E-state index contributed by atoms with van der Waals surface area (Å²) in [5.74, 6) is 0. The predicted octanol–water partition coefficient (Wildman–Crippen LogP) is 2.02.